The Bertz CT molecular complexity index is 622. The van der Waals surface area contributed by atoms with E-state index in [9.17, 15) is 9.90 Å². The van der Waals surface area contributed by atoms with Crippen molar-refractivity contribution in [3.8, 4) is 0 Å². The highest BCUT2D eigenvalue weighted by Gasteiger charge is 2.34. The highest BCUT2D eigenvalue weighted by Crippen LogP contribution is 2.24. The molecule has 1 aliphatic carbocycles. The van der Waals surface area contributed by atoms with Crippen molar-refractivity contribution >= 4 is 0 Å². The second-order valence-corrected chi connectivity index (χ2v) is 7.14. The summed E-state index contributed by atoms with van der Waals surface area (Å²) in [6.45, 7) is 3.76. The summed E-state index contributed by atoms with van der Waals surface area (Å²) in [6.07, 6.45) is 4.88. The van der Waals surface area contributed by atoms with Gasteiger partial charge in [0.05, 0.1) is 31.1 Å². The molecule has 126 valence electrons. The first-order valence-electron chi connectivity index (χ1n) is 8.80. The van der Waals surface area contributed by atoms with E-state index in [1.165, 1.54) is 0 Å². The molecule has 4 rings (SSSR count). The Balaban J connectivity index is 1.37. The van der Waals surface area contributed by atoms with Crippen molar-refractivity contribution in [2.45, 2.75) is 50.8 Å². The summed E-state index contributed by atoms with van der Waals surface area (Å²) in [5, 5.41) is 14.5. The minimum Gasteiger partial charge on any atom is -0.389 e. The Hall–Kier alpha value is -1.24. The number of likely N-dealkylation sites (tertiary alicyclic amines) is 1. The lowest BCUT2D eigenvalue weighted by molar-refractivity contribution is 0.0557. The summed E-state index contributed by atoms with van der Waals surface area (Å²) >= 11 is 0. The van der Waals surface area contributed by atoms with E-state index in [1.54, 1.807) is 10.7 Å². The third kappa shape index (κ3) is 3.07. The van der Waals surface area contributed by atoms with E-state index in [2.05, 4.69) is 10.00 Å². The largest absolute Gasteiger partial charge is 0.389 e. The van der Waals surface area contributed by atoms with Crippen LogP contribution in [-0.2, 0) is 24.1 Å². The lowest BCUT2D eigenvalue weighted by Gasteiger charge is -2.36. The summed E-state index contributed by atoms with van der Waals surface area (Å²) < 4.78 is 7.03. The predicted molar refractivity (Wildman–Crippen MR) is 85.4 cm³/mol. The quantitative estimate of drug-likeness (QED) is 0.862. The van der Waals surface area contributed by atoms with Gasteiger partial charge in [0.2, 0.25) is 0 Å². The van der Waals surface area contributed by atoms with Gasteiger partial charge in [0, 0.05) is 12.6 Å². The topological polar surface area (TPSA) is 67.6 Å². The van der Waals surface area contributed by atoms with Crippen LogP contribution < -0.4 is 5.56 Å². The molecule has 1 aromatic heterocycles. The number of nitrogens with zero attached hydrogens (tertiary/aromatic N) is 3. The fourth-order valence-electron chi connectivity index (χ4n) is 4.16. The van der Waals surface area contributed by atoms with Crippen LogP contribution >= 0.6 is 0 Å². The zero-order valence-electron chi connectivity index (χ0n) is 13.5. The molecule has 6 nitrogen and oxygen atoms in total. The Labute approximate surface area is 136 Å². The number of fused-ring (bicyclic) bond motifs is 1. The minimum absolute atomic E-state index is 0.0488. The van der Waals surface area contributed by atoms with Crippen LogP contribution in [0.1, 0.15) is 30.5 Å². The molecule has 3 aliphatic rings. The summed E-state index contributed by atoms with van der Waals surface area (Å²) in [4.78, 5) is 14.5. The molecule has 23 heavy (non-hydrogen) atoms. The van der Waals surface area contributed by atoms with Crippen molar-refractivity contribution in [3.63, 3.8) is 0 Å². The lowest BCUT2D eigenvalue weighted by Crippen LogP contribution is -2.47. The standard InChI is InChI=1S/C17H25N3O3/c21-16-11-23-10-15(16)19-6-4-12(5-7-19)9-20-17(22)8-13-2-1-3-14(13)18-20/h8,12,15-16,21H,1-7,9-11H2. The molecule has 0 amide bonds. The van der Waals surface area contributed by atoms with E-state index >= 15 is 0 Å². The van der Waals surface area contributed by atoms with Gasteiger partial charge in [-0.3, -0.25) is 9.69 Å². The van der Waals surface area contributed by atoms with E-state index in [-0.39, 0.29) is 17.7 Å². The summed E-state index contributed by atoms with van der Waals surface area (Å²) in [7, 11) is 0. The second-order valence-electron chi connectivity index (χ2n) is 7.14. The van der Waals surface area contributed by atoms with Crippen LogP contribution in [0.25, 0.3) is 0 Å². The Morgan fingerprint density at radius 3 is 2.83 bits per heavy atom. The molecule has 1 N–H and O–H groups in total. The molecule has 2 saturated heterocycles. The van der Waals surface area contributed by atoms with Gasteiger partial charge < -0.3 is 9.84 Å². The Morgan fingerprint density at radius 1 is 1.26 bits per heavy atom. The number of rotatable bonds is 3. The van der Waals surface area contributed by atoms with Crippen LogP contribution in [0.2, 0.25) is 0 Å². The number of aliphatic hydroxyl groups is 1. The molecule has 0 aromatic carbocycles. The van der Waals surface area contributed by atoms with Crippen molar-refractivity contribution in [2.75, 3.05) is 26.3 Å². The van der Waals surface area contributed by atoms with Gasteiger partial charge in [-0.15, -0.1) is 0 Å². The highest BCUT2D eigenvalue weighted by molar-refractivity contribution is 5.22. The molecular formula is C17H25N3O3. The molecule has 0 spiro atoms. The monoisotopic (exact) mass is 319 g/mol. The van der Waals surface area contributed by atoms with Gasteiger partial charge in [-0.2, -0.15) is 5.10 Å². The van der Waals surface area contributed by atoms with Crippen molar-refractivity contribution in [1.82, 2.24) is 14.7 Å². The van der Waals surface area contributed by atoms with Gasteiger partial charge >= 0.3 is 0 Å². The molecule has 2 atom stereocenters. The fraction of sp³-hybridized carbons (Fsp3) is 0.765. The molecule has 6 heteroatoms. The van der Waals surface area contributed by atoms with Gasteiger partial charge in [-0.25, -0.2) is 4.68 Å². The number of aromatic nitrogens is 2. The smallest absolute Gasteiger partial charge is 0.267 e. The fourth-order valence-corrected chi connectivity index (χ4v) is 4.16. The molecule has 2 unspecified atom stereocenters. The average molecular weight is 319 g/mol. The maximum Gasteiger partial charge on any atom is 0.267 e. The van der Waals surface area contributed by atoms with E-state index in [0.717, 1.165) is 63.0 Å². The number of hydrogen-bond acceptors (Lipinski definition) is 5. The number of piperidine rings is 1. The zero-order chi connectivity index (χ0) is 15.8. The first-order valence-corrected chi connectivity index (χ1v) is 8.80. The zero-order valence-corrected chi connectivity index (χ0v) is 13.5. The van der Waals surface area contributed by atoms with Gasteiger partial charge in [-0.05, 0) is 56.7 Å². The third-order valence-electron chi connectivity index (χ3n) is 5.59. The van der Waals surface area contributed by atoms with Crippen LogP contribution in [0.3, 0.4) is 0 Å². The average Bonchev–Trinajstić information content (AvgIpc) is 3.17. The molecule has 2 fully saturated rings. The minimum atomic E-state index is -0.354. The second kappa shape index (κ2) is 6.34. The van der Waals surface area contributed by atoms with Crippen LogP contribution in [0, 0.1) is 5.92 Å². The van der Waals surface area contributed by atoms with Crippen molar-refractivity contribution in [1.29, 1.82) is 0 Å². The van der Waals surface area contributed by atoms with Crippen molar-refractivity contribution < 1.29 is 9.84 Å². The number of aryl methyl sites for hydroxylation is 2. The molecule has 1 aromatic rings. The van der Waals surface area contributed by atoms with Gasteiger partial charge in [0.15, 0.2) is 0 Å². The summed E-state index contributed by atoms with van der Waals surface area (Å²) in [5.41, 5.74) is 2.32. The molecule has 0 bridgehead atoms. The first-order chi connectivity index (χ1) is 11.2. The molecule has 0 saturated carbocycles. The number of ether oxygens (including phenoxy) is 1. The Kier molecular flexibility index (Phi) is 4.22. The van der Waals surface area contributed by atoms with Crippen molar-refractivity contribution in [3.05, 3.63) is 27.7 Å². The number of aliphatic hydroxyl groups excluding tert-OH is 1. The first kappa shape index (κ1) is 15.3. The van der Waals surface area contributed by atoms with Crippen LogP contribution in [0.4, 0.5) is 0 Å². The maximum absolute atomic E-state index is 12.2. The predicted octanol–water partition coefficient (Wildman–Crippen LogP) is 0.204. The normalized spacial score (nSPS) is 29.1. The van der Waals surface area contributed by atoms with Crippen molar-refractivity contribution in [2.24, 2.45) is 5.92 Å². The van der Waals surface area contributed by atoms with Crippen LogP contribution in [0.15, 0.2) is 10.9 Å². The number of hydrogen-bond donors (Lipinski definition) is 1. The maximum atomic E-state index is 12.2. The molecular weight excluding hydrogens is 294 g/mol. The molecule has 0 radical (unpaired) electrons. The van der Waals surface area contributed by atoms with E-state index < -0.39 is 0 Å². The molecule has 2 aliphatic heterocycles. The van der Waals surface area contributed by atoms with Gasteiger partial charge in [-0.1, -0.05) is 0 Å². The highest BCUT2D eigenvalue weighted by atomic mass is 16.5. The third-order valence-corrected chi connectivity index (χ3v) is 5.59. The Morgan fingerprint density at radius 2 is 2.09 bits per heavy atom. The molecule has 3 heterocycles. The SMILES string of the molecule is O=c1cc2c(nn1CC1CCN(C3COCC3O)CC1)CCC2. The van der Waals surface area contributed by atoms with Gasteiger partial charge in [0.1, 0.15) is 0 Å². The van der Waals surface area contributed by atoms with E-state index in [4.69, 9.17) is 4.74 Å². The van der Waals surface area contributed by atoms with Crippen LogP contribution in [-0.4, -0.2) is 58.2 Å². The summed E-state index contributed by atoms with van der Waals surface area (Å²) in [5.74, 6) is 0.496. The lowest BCUT2D eigenvalue weighted by atomic mass is 9.95. The van der Waals surface area contributed by atoms with E-state index in [0.29, 0.717) is 19.1 Å². The van der Waals surface area contributed by atoms with Crippen LogP contribution in [0.5, 0.6) is 0 Å². The summed E-state index contributed by atoms with van der Waals surface area (Å²) in [6, 6.07) is 1.94. The van der Waals surface area contributed by atoms with Gasteiger partial charge in [0.25, 0.3) is 5.56 Å². The van der Waals surface area contributed by atoms with E-state index in [1.807, 2.05) is 0 Å².